The van der Waals surface area contributed by atoms with Crippen molar-refractivity contribution in [2.75, 3.05) is 24.3 Å². The fraction of sp³-hybridized carbons (Fsp3) is 0.250. The van der Waals surface area contributed by atoms with Gasteiger partial charge in [0, 0.05) is 66.8 Å². The smallest absolute Gasteiger partial charge is 0.255 e. The molecule has 1 aliphatic carbocycles. The molecule has 7 nitrogen and oxygen atoms in total. The van der Waals surface area contributed by atoms with Crippen LogP contribution in [0.25, 0.3) is 0 Å². The normalized spacial score (nSPS) is 19.8. The van der Waals surface area contributed by atoms with Gasteiger partial charge in [0.25, 0.3) is 5.91 Å². The van der Waals surface area contributed by atoms with Crippen molar-refractivity contribution in [2.45, 2.75) is 31.6 Å². The molecule has 2 aromatic heterocycles. The molecule has 2 aliphatic rings. The molecule has 0 unspecified atom stereocenters. The number of amides is 1. The fourth-order valence-electron chi connectivity index (χ4n) is 4.98. The summed E-state index contributed by atoms with van der Waals surface area (Å²) in [5, 5.41) is 6.30. The number of carbonyl (C=O) groups excluding carboxylic acids is 2. The Bertz CT molecular complexity index is 1310. The molecule has 3 aromatic rings. The topological polar surface area (TPSA) is 87.5 Å². The summed E-state index contributed by atoms with van der Waals surface area (Å²) in [6.45, 7) is 1.89. The van der Waals surface area contributed by atoms with Crippen molar-refractivity contribution in [2.24, 2.45) is 0 Å². The molecule has 178 valence electrons. The van der Waals surface area contributed by atoms with Gasteiger partial charge in [0.05, 0.1) is 6.26 Å². The lowest BCUT2D eigenvalue weighted by molar-refractivity contribution is -0.116. The Hall–Kier alpha value is -4.13. The number of nitrogens with one attached hydrogen (secondary N) is 2. The van der Waals surface area contributed by atoms with Crippen LogP contribution in [0.3, 0.4) is 0 Å². The van der Waals surface area contributed by atoms with E-state index in [1.807, 2.05) is 68.4 Å². The first-order valence-corrected chi connectivity index (χ1v) is 11.7. The van der Waals surface area contributed by atoms with Gasteiger partial charge in [-0.15, -0.1) is 0 Å². The Morgan fingerprint density at radius 3 is 2.54 bits per heavy atom. The number of anilines is 2. The maximum absolute atomic E-state index is 13.6. The Labute approximate surface area is 204 Å². The van der Waals surface area contributed by atoms with Gasteiger partial charge >= 0.3 is 0 Å². The molecule has 0 radical (unpaired) electrons. The first-order valence-electron chi connectivity index (χ1n) is 11.7. The molecule has 2 atom stereocenters. The molecule has 2 N–H and O–H groups in total. The summed E-state index contributed by atoms with van der Waals surface area (Å²) in [5.74, 6) is 0.514. The van der Waals surface area contributed by atoms with E-state index in [1.54, 1.807) is 24.6 Å². The molecular weight excluding hydrogens is 440 g/mol. The molecule has 35 heavy (non-hydrogen) atoms. The average Bonchev–Trinajstić information content (AvgIpc) is 3.39. The molecular formula is C28H28N4O3. The summed E-state index contributed by atoms with van der Waals surface area (Å²) in [5.41, 5.74) is 4.71. The number of furan rings is 1. The molecule has 0 spiro atoms. The zero-order valence-electron chi connectivity index (χ0n) is 20.0. The monoisotopic (exact) mass is 468 g/mol. The number of benzene rings is 1. The lowest BCUT2D eigenvalue weighted by atomic mass is 9.72. The standard InChI is InChI=1S/C28H28N4O3/c1-17-25(28(34)31-24-8-4-5-13-29-24)26(18-9-11-20(12-10-18)32(2)3)27-21(30-17)15-19(16-22(27)33)23-7-6-14-35-23/h4-14,19,26,30H,15-16H2,1-3H3,(H,29,31,34)/t19-,26+/m0/s1. The van der Waals surface area contributed by atoms with Gasteiger partial charge in [-0.3, -0.25) is 9.59 Å². The number of ketones is 1. The first-order chi connectivity index (χ1) is 16.9. The van der Waals surface area contributed by atoms with Crippen LogP contribution in [0.4, 0.5) is 11.5 Å². The number of allylic oxidation sites excluding steroid dienone is 3. The first kappa shape index (κ1) is 22.7. The second-order valence-electron chi connectivity index (χ2n) is 9.19. The van der Waals surface area contributed by atoms with Gasteiger partial charge in [-0.05, 0) is 55.3 Å². The minimum absolute atomic E-state index is 0.0254. The maximum Gasteiger partial charge on any atom is 0.255 e. The number of aromatic nitrogens is 1. The van der Waals surface area contributed by atoms with Crippen molar-refractivity contribution < 1.29 is 14.0 Å². The summed E-state index contributed by atoms with van der Waals surface area (Å²) in [7, 11) is 3.96. The van der Waals surface area contributed by atoms with Crippen molar-refractivity contribution in [1.29, 1.82) is 0 Å². The molecule has 1 aliphatic heterocycles. The Morgan fingerprint density at radius 2 is 1.89 bits per heavy atom. The minimum atomic E-state index is -0.476. The number of dihydropyridines is 1. The van der Waals surface area contributed by atoms with Crippen molar-refractivity contribution in [3.05, 3.63) is 101 Å². The summed E-state index contributed by atoms with van der Waals surface area (Å²) in [4.78, 5) is 33.4. The third kappa shape index (κ3) is 4.37. The van der Waals surface area contributed by atoms with Crippen molar-refractivity contribution in [3.63, 3.8) is 0 Å². The summed E-state index contributed by atoms with van der Waals surface area (Å²) in [6.07, 6.45) is 4.26. The van der Waals surface area contributed by atoms with E-state index in [9.17, 15) is 9.59 Å². The van der Waals surface area contributed by atoms with Crippen molar-refractivity contribution >= 4 is 23.2 Å². The van der Waals surface area contributed by atoms with Crippen molar-refractivity contribution in [3.8, 4) is 0 Å². The summed E-state index contributed by atoms with van der Waals surface area (Å²) < 4.78 is 5.61. The van der Waals surface area contributed by atoms with Crippen LogP contribution < -0.4 is 15.5 Å². The van der Waals surface area contributed by atoms with E-state index in [2.05, 4.69) is 15.6 Å². The molecule has 0 saturated carbocycles. The van der Waals surface area contributed by atoms with Crippen molar-refractivity contribution in [1.82, 2.24) is 10.3 Å². The highest BCUT2D eigenvalue weighted by Crippen LogP contribution is 2.45. The number of nitrogens with zero attached hydrogens (tertiary/aromatic N) is 2. The van der Waals surface area contributed by atoms with Crippen LogP contribution in [0.15, 0.2) is 94.0 Å². The lowest BCUT2D eigenvalue weighted by Crippen LogP contribution is -2.37. The number of hydrogen-bond acceptors (Lipinski definition) is 6. The molecule has 0 saturated heterocycles. The summed E-state index contributed by atoms with van der Waals surface area (Å²) >= 11 is 0. The van der Waals surface area contributed by atoms with Crippen LogP contribution in [0.5, 0.6) is 0 Å². The van der Waals surface area contributed by atoms with E-state index >= 15 is 0 Å². The van der Waals surface area contributed by atoms with E-state index < -0.39 is 5.92 Å². The zero-order chi connectivity index (χ0) is 24.5. The predicted octanol–water partition coefficient (Wildman–Crippen LogP) is 4.74. The van der Waals surface area contributed by atoms with Crippen LogP contribution in [-0.2, 0) is 9.59 Å². The molecule has 5 rings (SSSR count). The van der Waals surface area contributed by atoms with Gasteiger partial charge < -0.3 is 20.0 Å². The highest BCUT2D eigenvalue weighted by atomic mass is 16.3. The zero-order valence-corrected chi connectivity index (χ0v) is 20.0. The molecule has 1 aromatic carbocycles. The number of rotatable bonds is 5. The van der Waals surface area contributed by atoms with Crippen LogP contribution in [-0.4, -0.2) is 30.8 Å². The van der Waals surface area contributed by atoms with Gasteiger partial charge in [-0.2, -0.15) is 0 Å². The maximum atomic E-state index is 13.6. The van der Waals surface area contributed by atoms with Gasteiger partial charge in [0.2, 0.25) is 0 Å². The number of hydrogen-bond donors (Lipinski definition) is 2. The third-order valence-electron chi connectivity index (χ3n) is 6.67. The minimum Gasteiger partial charge on any atom is -0.469 e. The van der Waals surface area contributed by atoms with Crippen LogP contribution >= 0.6 is 0 Å². The van der Waals surface area contributed by atoms with Crippen LogP contribution in [0, 0.1) is 0 Å². The number of Topliss-reactive ketones (excluding diaryl/α,β-unsaturated/α-hetero) is 1. The highest BCUT2D eigenvalue weighted by molar-refractivity contribution is 6.09. The lowest BCUT2D eigenvalue weighted by Gasteiger charge is -2.36. The van der Waals surface area contributed by atoms with E-state index in [0.717, 1.165) is 28.4 Å². The molecule has 1 amide bonds. The number of carbonyl (C=O) groups is 2. The fourth-order valence-corrected chi connectivity index (χ4v) is 4.98. The van der Waals surface area contributed by atoms with Gasteiger partial charge in [-0.1, -0.05) is 18.2 Å². The molecule has 3 heterocycles. The third-order valence-corrected chi connectivity index (χ3v) is 6.67. The largest absolute Gasteiger partial charge is 0.469 e. The second kappa shape index (κ2) is 9.25. The van der Waals surface area contributed by atoms with Crippen LogP contribution in [0.2, 0.25) is 0 Å². The molecule has 0 fully saturated rings. The van der Waals surface area contributed by atoms with E-state index in [4.69, 9.17) is 4.42 Å². The Kier molecular flexibility index (Phi) is 5.99. The summed E-state index contributed by atoms with van der Waals surface area (Å²) in [6, 6.07) is 17.2. The van der Waals surface area contributed by atoms with Gasteiger partial charge in [0.1, 0.15) is 11.6 Å². The highest BCUT2D eigenvalue weighted by Gasteiger charge is 2.41. The molecule has 7 heteroatoms. The van der Waals surface area contributed by atoms with Gasteiger partial charge in [0.15, 0.2) is 5.78 Å². The number of pyridine rings is 1. The van der Waals surface area contributed by atoms with Crippen LogP contribution in [0.1, 0.15) is 42.9 Å². The van der Waals surface area contributed by atoms with Gasteiger partial charge in [-0.25, -0.2) is 4.98 Å². The SMILES string of the molecule is CC1=C(C(=O)Nc2ccccn2)[C@@H](c2ccc(N(C)C)cc2)C2=C(C[C@H](c3ccco3)CC2=O)N1. The average molecular weight is 469 g/mol. The Balaban J connectivity index is 1.57. The molecule has 0 bridgehead atoms. The van der Waals surface area contributed by atoms with E-state index in [1.165, 1.54) is 0 Å². The predicted molar refractivity (Wildman–Crippen MR) is 135 cm³/mol. The van der Waals surface area contributed by atoms with E-state index in [0.29, 0.717) is 29.8 Å². The second-order valence-corrected chi connectivity index (χ2v) is 9.19. The van der Waals surface area contributed by atoms with E-state index in [-0.39, 0.29) is 17.6 Å². The Morgan fingerprint density at radius 1 is 1.09 bits per heavy atom. The quantitative estimate of drug-likeness (QED) is 0.562.